The summed E-state index contributed by atoms with van der Waals surface area (Å²) in [6.45, 7) is 0. The Morgan fingerprint density at radius 3 is 2.38 bits per heavy atom. The maximum absolute atomic E-state index is 11.5. The van der Waals surface area contributed by atoms with E-state index in [0.29, 0.717) is 6.26 Å². The van der Waals surface area contributed by atoms with E-state index in [4.69, 9.17) is 5.11 Å². The number of nitro groups is 1. The smallest absolute Gasteiger partial charge is 0.270 e. The summed E-state index contributed by atoms with van der Waals surface area (Å²) in [5.74, 6) is -1.30. The highest BCUT2D eigenvalue weighted by Gasteiger charge is 2.34. The molecule has 16 heavy (non-hydrogen) atoms. The van der Waals surface area contributed by atoms with Crippen molar-refractivity contribution in [3.63, 3.8) is 0 Å². The number of aliphatic hydroxyl groups is 1. The molecule has 0 saturated heterocycles. The van der Waals surface area contributed by atoms with Crippen molar-refractivity contribution < 1.29 is 19.6 Å². The Balaban J connectivity index is 2.65. The number of hydrogen-bond donors (Lipinski definition) is 1. The lowest BCUT2D eigenvalue weighted by atomic mass is 10.1. The summed E-state index contributed by atoms with van der Waals surface area (Å²) in [7, 11) is 0. The van der Waals surface area contributed by atoms with Crippen molar-refractivity contribution in [3.8, 4) is 0 Å². The minimum absolute atomic E-state index is 0.0421. The van der Waals surface area contributed by atoms with Gasteiger partial charge in [0.05, 0.1) is 11.2 Å². The molecule has 0 saturated carbocycles. The van der Waals surface area contributed by atoms with Gasteiger partial charge in [0.2, 0.25) is 11.6 Å². The fraction of sp³-hybridized carbons (Fsp3) is 0. The van der Waals surface area contributed by atoms with Gasteiger partial charge in [-0.05, 0) is 6.07 Å². The molecule has 0 spiro atoms. The summed E-state index contributed by atoms with van der Waals surface area (Å²) >= 11 is 0. The molecule has 1 aliphatic carbocycles. The van der Waals surface area contributed by atoms with Crippen molar-refractivity contribution >= 4 is 17.3 Å². The van der Waals surface area contributed by atoms with Crippen LogP contribution in [0.15, 0.2) is 30.0 Å². The van der Waals surface area contributed by atoms with E-state index in [1.54, 1.807) is 0 Å². The largest absolute Gasteiger partial charge is 0.515 e. The molecular formula is C10H5NO5. The third-order valence-electron chi connectivity index (χ3n) is 2.32. The first-order valence-corrected chi connectivity index (χ1v) is 4.28. The molecule has 0 bridgehead atoms. The van der Waals surface area contributed by atoms with Crippen LogP contribution in [0.4, 0.5) is 5.69 Å². The molecule has 1 aromatic rings. The van der Waals surface area contributed by atoms with E-state index in [-0.39, 0.29) is 22.4 Å². The Morgan fingerprint density at radius 1 is 1.19 bits per heavy atom. The Morgan fingerprint density at radius 2 is 1.81 bits per heavy atom. The van der Waals surface area contributed by atoms with Crippen molar-refractivity contribution in [2.75, 3.05) is 0 Å². The number of allylic oxidation sites excluding steroid dienone is 1. The number of carbonyl (C=O) groups is 2. The zero-order valence-corrected chi connectivity index (χ0v) is 7.84. The monoisotopic (exact) mass is 219 g/mol. The topological polar surface area (TPSA) is 97.5 Å². The molecule has 0 fully saturated rings. The number of nitrogens with zero attached hydrogens (tertiary/aromatic N) is 1. The third-order valence-corrected chi connectivity index (χ3v) is 2.32. The zero-order valence-electron chi connectivity index (χ0n) is 7.84. The van der Waals surface area contributed by atoms with Gasteiger partial charge >= 0.3 is 0 Å². The SMILES string of the molecule is O=C1C(=CO)C(=O)c2cc([N+](=O)[O-])ccc21. The van der Waals surface area contributed by atoms with E-state index >= 15 is 0 Å². The van der Waals surface area contributed by atoms with Crippen molar-refractivity contribution in [1.82, 2.24) is 0 Å². The molecule has 80 valence electrons. The van der Waals surface area contributed by atoms with Crippen molar-refractivity contribution in [2.24, 2.45) is 0 Å². The summed E-state index contributed by atoms with van der Waals surface area (Å²) in [6.07, 6.45) is 0.427. The minimum atomic E-state index is -0.689. The molecular weight excluding hydrogens is 214 g/mol. The van der Waals surface area contributed by atoms with Crippen LogP contribution < -0.4 is 0 Å². The van der Waals surface area contributed by atoms with Crippen LogP contribution in [-0.2, 0) is 0 Å². The first-order chi connectivity index (χ1) is 7.56. The average Bonchev–Trinajstić information content (AvgIpc) is 2.51. The van der Waals surface area contributed by atoms with Gasteiger partial charge in [0.1, 0.15) is 5.57 Å². The lowest BCUT2D eigenvalue weighted by molar-refractivity contribution is -0.384. The van der Waals surface area contributed by atoms with Gasteiger partial charge in [0, 0.05) is 23.3 Å². The van der Waals surface area contributed by atoms with Crippen LogP contribution in [-0.4, -0.2) is 21.6 Å². The van der Waals surface area contributed by atoms with E-state index in [1.807, 2.05) is 0 Å². The van der Waals surface area contributed by atoms with Crippen molar-refractivity contribution in [3.05, 3.63) is 51.3 Å². The number of ketones is 2. The Kier molecular flexibility index (Phi) is 2.05. The highest BCUT2D eigenvalue weighted by Crippen LogP contribution is 2.29. The second-order valence-corrected chi connectivity index (χ2v) is 3.19. The quantitative estimate of drug-likeness (QED) is 0.253. The van der Waals surface area contributed by atoms with Crippen LogP contribution in [0.1, 0.15) is 20.7 Å². The first kappa shape index (κ1) is 10.0. The summed E-state index contributed by atoms with van der Waals surface area (Å²) in [6, 6.07) is 3.39. The predicted octanol–water partition coefficient (Wildman–Crippen LogP) is 1.42. The highest BCUT2D eigenvalue weighted by atomic mass is 16.6. The maximum Gasteiger partial charge on any atom is 0.270 e. The van der Waals surface area contributed by atoms with Gasteiger partial charge in [-0.1, -0.05) is 0 Å². The van der Waals surface area contributed by atoms with E-state index in [9.17, 15) is 19.7 Å². The fourth-order valence-electron chi connectivity index (χ4n) is 1.54. The molecule has 0 heterocycles. The summed E-state index contributed by atoms with van der Waals surface area (Å²) in [5, 5.41) is 19.2. The van der Waals surface area contributed by atoms with Crippen LogP contribution in [0, 0.1) is 10.1 Å². The first-order valence-electron chi connectivity index (χ1n) is 4.28. The number of rotatable bonds is 1. The summed E-state index contributed by atoms with van der Waals surface area (Å²) < 4.78 is 0. The van der Waals surface area contributed by atoms with E-state index < -0.39 is 16.5 Å². The standard InChI is InChI=1S/C10H5NO5/c12-4-8-9(13)6-2-1-5(11(15)16)3-7(6)10(8)14/h1-4,12H. The number of fused-ring (bicyclic) bond motifs is 1. The lowest BCUT2D eigenvalue weighted by Crippen LogP contribution is -1.99. The molecule has 0 unspecified atom stereocenters. The van der Waals surface area contributed by atoms with Crippen LogP contribution in [0.2, 0.25) is 0 Å². The number of hydrogen-bond acceptors (Lipinski definition) is 5. The van der Waals surface area contributed by atoms with E-state index in [2.05, 4.69) is 0 Å². The second kappa shape index (κ2) is 3.27. The van der Waals surface area contributed by atoms with E-state index in [0.717, 1.165) is 12.1 Å². The molecule has 1 aliphatic rings. The van der Waals surface area contributed by atoms with Crippen LogP contribution >= 0.6 is 0 Å². The number of Topliss-reactive ketones (excluding diaryl/α,β-unsaturated/α-hetero) is 2. The molecule has 6 heteroatoms. The van der Waals surface area contributed by atoms with Gasteiger partial charge in [0.15, 0.2) is 0 Å². The molecule has 6 nitrogen and oxygen atoms in total. The van der Waals surface area contributed by atoms with Crippen LogP contribution in [0.3, 0.4) is 0 Å². The number of non-ortho nitro benzene ring substituents is 1. The van der Waals surface area contributed by atoms with Gasteiger partial charge in [-0.3, -0.25) is 19.7 Å². The normalized spacial score (nSPS) is 16.6. The molecule has 1 N–H and O–H groups in total. The molecule has 2 rings (SSSR count). The molecule has 0 amide bonds. The molecule has 0 aliphatic heterocycles. The molecule has 0 radical (unpaired) electrons. The predicted molar refractivity (Wildman–Crippen MR) is 52.5 cm³/mol. The van der Waals surface area contributed by atoms with Crippen LogP contribution in [0.25, 0.3) is 0 Å². The zero-order chi connectivity index (χ0) is 11.9. The lowest BCUT2D eigenvalue weighted by Gasteiger charge is -1.94. The van der Waals surface area contributed by atoms with Crippen molar-refractivity contribution in [1.29, 1.82) is 0 Å². The van der Waals surface area contributed by atoms with Gasteiger partial charge in [0.25, 0.3) is 5.69 Å². The summed E-state index contributed by atoms with van der Waals surface area (Å²) in [5.41, 5.74) is -0.593. The van der Waals surface area contributed by atoms with Gasteiger partial charge in [-0.25, -0.2) is 0 Å². The summed E-state index contributed by atoms with van der Waals surface area (Å²) in [4.78, 5) is 32.9. The third kappa shape index (κ3) is 1.20. The van der Waals surface area contributed by atoms with Gasteiger partial charge in [-0.15, -0.1) is 0 Å². The second-order valence-electron chi connectivity index (χ2n) is 3.19. The van der Waals surface area contributed by atoms with E-state index in [1.165, 1.54) is 6.07 Å². The molecule has 0 aromatic heterocycles. The minimum Gasteiger partial charge on any atom is -0.515 e. The number of nitro benzene ring substituents is 1. The highest BCUT2D eigenvalue weighted by molar-refractivity contribution is 6.39. The Labute approximate surface area is 89.0 Å². The molecule has 0 atom stereocenters. The van der Waals surface area contributed by atoms with Gasteiger partial charge in [-0.2, -0.15) is 0 Å². The Bertz CT molecular complexity index is 558. The maximum atomic E-state index is 11.5. The number of benzene rings is 1. The van der Waals surface area contributed by atoms with Crippen molar-refractivity contribution in [2.45, 2.75) is 0 Å². The fourth-order valence-corrected chi connectivity index (χ4v) is 1.54. The average molecular weight is 219 g/mol. The molecule has 1 aromatic carbocycles. The number of aliphatic hydroxyl groups excluding tert-OH is 1. The Hall–Kier alpha value is -2.50. The van der Waals surface area contributed by atoms with Gasteiger partial charge < -0.3 is 5.11 Å². The number of carbonyl (C=O) groups excluding carboxylic acids is 2. The van der Waals surface area contributed by atoms with Crippen LogP contribution in [0.5, 0.6) is 0 Å².